The lowest BCUT2D eigenvalue weighted by molar-refractivity contribution is 0.0526. The number of fused-ring (bicyclic) bond motifs is 1. The minimum absolute atomic E-state index is 0.333. The number of ether oxygens (including phenoxy) is 1. The molecule has 0 N–H and O–H groups in total. The van der Waals surface area contributed by atoms with Gasteiger partial charge in [0.2, 0.25) is 0 Å². The van der Waals surface area contributed by atoms with E-state index >= 15 is 0 Å². The molecule has 0 spiro atoms. The second kappa shape index (κ2) is 8.09. The molecule has 0 atom stereocenters. The number of benzene rings is 2. The zero-order chi connectivity index (χ0) is 20.4. The monoisotopic (exact) mass is 408 g/mol. The number of imidazole rings is 2. The molecule has 0 saturated heterocycles. The molecule has 0 aliphatic rings. The van der Waals surface area contributed by atoms with E-state index in [0.29, 0.717) is 23.7 Å². The quantitative estimate of drug-likeness (QED) is 0.430. The van der Waals surface area contributed by atoms with Crippen molar-refractivity contribution in [1.29, 1.82) is 0 Å². The summed E-state index contributed by atoms with van der Waals surface area (Å²) >= 11 is 6.15. The molecule has 7 heteroatoms. The number of carbonyl (C=O) groups is 1. The Kier molecular flexibility index (Phi) is 5.36. The molecular weight excluding hydrogens is 388 g/mol. The van der Waals surface area contributed by atoms with E-state index < -0.39 is 0 Å². The molecular formula is C22H21ClN4O2. The van der Waals surface area contributed by atoms with E-state index in [1.807, 2.05) is 41.1 Å². The molecule has 0 unspecified atom stereocenters. The van der Waals surface area contributed by atoms with Crippen molar-refractivity contribution < 1.29 is 9.53 Å². The molecule has 0 radical (unpaired) electrons. The highest BCUT2D eigenvalue weighted by molar-refractivity contribution is 6.30. The lowest BCUT2D eigenvalue weighted by Crippen LogP contribution is -2.08. The number of nitrogens with zero attached hydrogens (tertiary/aromatic N) is 4. The second-order valence-corrected chi connectivity index (χ2v) is 7.02. The summed E-state index contributed by atoms with van der Waals surface area (Å²) in [6.45, 7) is 5.54. The molecule has 29 heavy (non-hydrogen) atoms. The topological polar surface area (TPSA) is 61.9 Å². The van der Waals surface area contributed by atoms with Crippen LogP contribution in [0.25, 0.3) is 22.4 Å². The summed E-state index contributed by atoms with van der Waals surface area (Å²) in [5.41, 5.74) is 3.22. The van der Waals surface area contributed by atoms with Gasteiger partial charge in [0.05, 0.1) is 29.7 Å². The van der Waals surface area contributed by atoms with Gasteiger partial charge in [0, 0.05) is 29.5 Å². The van der Waals surface area contributed by atoms with Crippen LogP contribution in [0.1, 0.15) is 30.0 Å². The summed E-state index contributed by atoms with van der Waals surface area (Å²) in [5, 5.41) is 0.671. The molecule has 0 saturated carbocycles. The fraction of sp³-hybridized carbons (Fsp3) is 0.227. The van der Waals surface area contributed by atoms with Gasteiger partial charge in [-0.25, -0.2) is 14.8 Å². The van der Waals surface area contributed by atoms with Crippen LogP contribution in [0.4, 0.5) is 0 Å². The zero-order valence-corrected chi connectivity index (χ0v) is 17.1. The maximum absolute atomic E-state index is 12.1. The Morgan fingerprint density at radius 3 is 2.79 bits per heavy atom. The van der Waals surface area contributed by atoms with Crippen molar-refractivity contribution >= 4 is 28.6 Å². The van der Waals surface area contributed by atoms with Gasteiger partial charge in [0.1, 0.15) is 11.6 Å². The van der Waals surface area contributed by atoms with E-state index in [1.165, 1.54) is 0 Å². The Balaban J connectivity index is 1.72. The van der Waals surface area contributed by atoms with Crippen molar-refractivity contribution in [3.63, 3.8) is 0 Å². The molecule has 2 aromatic carbocycles. The molecule has 2 aromatic heterocycles. The first kappa shape index (κ1) is 19.2. The smallest absolute Gasteiger partial charge is 0.338 e. The first-order valence-electron chi connectivity index (χ1n) is 9.54. The van der Waals surface area contributed by atoms with Gasteiger partial charge in [-0.1, -0.05) is 23.7 Å². The van der Waals surface area contributed by atoms with Crippen LogP contribution in [0.3, 0.4) is 0 Å². The molecule has 0 bridgehead atoms. The van der Waals surface area contributed by atoms with Crippen LogP contribution in [0.5, 0.6) is 0 Å². The van der Waals surface area contributed by atoms with Crippen molar-refractivity contribution in [2.75, 3.05) is 6.61 Å². The highest BCUT2D eigenvalue weighted by atomic mass is 35.5. The average Bonchev–Trinajstić information content (AvgIpc) is 3.31. The van der Waals surface area contributed by atoms with Crippen molar-refractivity contribution in [2.45, 2.75) is 26.9 Å². The van der Waals surface area contributed by atoms with Gasteiger partial charge >= 0.3 is 5.97 Å². The molecule has 0 aliphatic carbocycles. The molecule has 6 nitrogen and oxygen atoms in total. The van der Waals surface area contributed by atoms with Crippen LogP contribution in [-0.4, -0.2) is 31.7 Å². The summed E-state index contributed by atoms with van der Waals surface area (Å²) in [5.74, 6) is 1.39. The predicted molar refractivity (Wildman–Crippen MR) is 113 cm³/mol. The number of aromatic nitrogens is 4. The molecule has 0 aliphatic heterocycles. The van der Waals surface area contributed by atoms with E-state index in [1.54, 1.807) is 25.3 Å². The third-order valence-electron chi connectivity index (χ3n) is 4.76. The lowest BCUT2D eigenvalue weighted by Gasteiger charge is -2.10. The van der Waals surface area contributed by atoms with Crippen LogP contribution in [-0.2, 0) is 17.8 Å². The third kappa shape index (κ3) is 3.76. The van der Waals surface area contributed by atoms with Gasteiger partial charge in [0.15, 0.2) is 0 Å². The van der Waals surface area contributed by atoms with Gasteiger partial charge in [-0.05, 0) is 44.2 Å². The van der Waals surface area contributed by atoms with Gasteiger partial charge in [-0.2, -0.15) is 0 Å². The average molecular weight is 409 g/mol. The summed E-state index contributed by atoms with van der Waals surface area (Å²) in [6, 6.07) is 13.1. The number of hydrogen-bond donors (Lipinski definition) is 0. The standard InChI is InChI=1S/C22H21ClN4O2/c1-3-27-19-9-8-16(22(28)29-4-2)13-18(19)25-20(27)14-26-11-10-24-21(26)15-6-5-7-17(23)12-15/h5-13H,3-4,14H2,1-2H3. The van der Waals surface area contributed by atoms with E-state index in [9.17, 15) is 4.79 Å². The van der Waals surface area contributed by atoms with Crippen LogP contribution in [0, 0.1) is 0 Å². The van der Waals surface area contributed by atoms with Crippen molar-refractivity contribution in [2.24, 2.45) is 0 Å². The van der Waals surface area contributed by atoms with E-state index in [0.717, 1.165) is 34.8 Å². The molecule has 4 aromatic rings. The molecule has 148 valence electrons. The molecule has 4 rings (SSSR count). The maximum Gasteiger partial charge on any atom is 0.338 e. The van der Waals surface area contributed by atoms with Gasteiger partial charge in [-0.15, -0.1) is 0 Å². The van der Waals surface area contributed by atoms with E-state index in [-0.39, 0.29) is 5.97 Å². The van der Waals surface area contributed by atoms with Crippen LogP contribution in [0.2, 0.25) is 5.02 Å². The fourth-order valence-electron chi connectivity index (χ4n) is 3.47. The molecule has 0 fully saturated rings. The normalized spacial score (nSPS) is 11.1. The van der Waals surface area contributed by atoms with E-state index in [4.69, 9.17) is 21.3 Å². The number of aryl methyl sites for hydroxylation is 1. The lowest BCUT2D eigenvalue weighted by atomic mass is 10.2. The molecule has 0 amide bonds. The second-order valence-electron chi connectivity index (χ2n) is 6.59. The zero-order valence-electron chi connectivity index (χ0n) is 16.3. The van der Waals surface area contributed by atoms with E-state index in [2.05, 4.69) is 16.5 Å². The fourth-order valence-corrected chi connectivity index (χ4v) is 3.66. The third-order valence-corrected chi connectivity index (χ3v) is 5.00. The predicted octanol–water partition coefficient (Wildman–Crippen LogP) is 4.80. The Morgan fingerprint density at radius 1 is 1.17 bits per heavy atom. The Morgan fingerprint density at radius 2 is 2.03 bits per heavy atom. The van der Waals surface area contributed by atoms with Crippen LogP contribution < -0.4 is 0 Å². The number of hydrogen-bond acceptors (Lipinski definition) is 4. The first-order valence-corrected chi connectivity index (χ1v) is 9.91. The largest absolute Gasteiger partial charge is 0.462 e. The SMILES string of the molecule is CCOC(=O)c1ccc2c(c1)nc(Cn1ccnc1-c1cccc(Cl)c1)n2CC. The van der Waals surface area contributed by atoms with Gasteiger partial charge in [-0.3, -0.25) is 0 Å². The first-order chi connectivity index (χ1) is 14.1. The maximum atomic E-state index is 12.1. The Hall–Kier alpha value is -3.12. The number of carbonyl (C=O) groups excluding carboxylic acids is 1. The van der Waals surface area contributed by atoms with Gasteiger partial charge in [0.25, 0.3) is 0 Å². The highest BCUT2D eigenvalue weighted by Gasteiger charge is 2.15. The van der Waals surface area contributed by atoms with Crippen molar-refractivity contribution in [3.05, 3.63) is 71.3 Å². The summed E-state index contributed by atoms with van der Waals surface area (Å²) in [7, 11) is 0. The minimum atomic E-state index is -0.333. The summed E-state index contributed by atoms with van der Waals surface area (Å²) in [6.07, 6.45) is 3.70. The van der Waals surface area contributed by atoms with Gasteiger partial charge < -0.3 is 13.9 Å². The summed E-state index contributed by atoms with van der Waals surface area (Å²) < 4.78 is 9.29. The Labute approximate surface area is 173 Å². The number of rotatable bonds is 6. The van der Waals surface area contributed by atoms with Crippen molar-refractivity contribution in [3.8, 4) is 11.4 Å². The van der Waals surface area contributed by atoms with Crippen LogP contribution >= 0.6 is 11.6 Å². The summed E-state index contributed by atoms with van der Waals surface area (Å²) in [4.78, 5) is 21.3. The molecule has 2 heterocycles. The highest BCUT2D eigenvalue weighted by Crippen LogP contribution is 2.24. The minimum Gasteiger partial charge on any atom is -0.462 e. The number of halogens is 1. The van der Waals surface area contributed by atoms with Crippen molar-refractivity contribution in [1.82, 2.24) is 19.1 Å². The Bertz CT molecular complexity index is 1180. The van der Waals surface area contributed by atoms with Crippen LogP contribution in [0.15, 0.2) is 54.9 Å². The number of esters is 1.